The van der Waals surface area contributed by atoms with Crippen LogP contribution in [-0.2, 0) is 16.4 Å². The van der Waals surface area contributed by atoms with Crippen molar-refractivity contribution in [3.8, 4) is 0 Å². The molecule has 25 heavy (non-hydrogen) atoms. The van der Waals surface area contributed by atoms with E-state index in [-0.39, 0.29) is 20.6 Å². The van der Waals surface area contributed by atoms with E-state index in [0.717, 1.165) is 18.4 Å². The van der Waals surface area contributed by atoms with E-state index in [2.05, 4.69) is 11.6 Å². The molecule has 0 bridgehead atoms. The molecule has 0 saturated heterocycles. The standard InChI is InChI=1S/C18H20Cl3NO2S/c1-2-3-4-5-6-13-7-9-15(10-8-13)25(23,24)22-18-16(20)11-14(19)12-17(18)21/h7-12,22H,2-6H2,1H3. The van der Waals surface area contributed by atoms with Gasteiger partial charge in [-0.25, -0.2) is 8.42 Å². The maximum Gasteiger partial charge on any atom is 0.261 e. The Kier molecular flexibility index (Phi) is 7.44. The van der Waals surface area contributed by atoms with E-state index in [0.29, 0.717) is 5.02 Å². The maximum atomic E-state index is 12.5. The van der Waals surface area contributed by atoms with Crippen molar-refractivity contribution in [2.75, 3.05) is 4.72 Å². The van der Waals surface area contributed by atoms with Gasteiger partial charge in [0, 0.05) is 5.02 Å². The van der Waals surface area contributed by atoms with Crippen molar-refractivity contribution in [1.82, 2.24) is 0 Å². The highest BCUT2D eigenvalue weighted by atomic mass is 35.5. The highest BCUT2D eigenvalue weighted by molar-refractivity contribution is 7.92. The molecule has 2 rings (SSSR count). The van der Waals surface area contributed by atoms with Gasteiger partial charge in [-0.3, -0.25) is 4.72 Å². The molecule has 7 heteroatoms. The number of aryl methyl sites for hydroxylation is 1. The molecule has 2 aromatic rings. The number of hydrogen-bond donors (Lipinski definition) is 1. The van der Waals surface area contributed by atoms with Crippen LogP contribution < -0.4 is 4.72 Å². The predicted molar refractivity (Wildman–Crippen MR) is 107 cm³/mol. The first-order valence-electron chi connectivity index (χ1n) is 8.10. The SMILES string of the molecule is CCCCCCc1ccc(S(=O)(=O)Nc2c(Cl)cc(Cl)cc2Cl)cc1. The van der Waals surface area contributed by atoms with Crippen LogP contribution in [0.25, 0.3) is 0 Å². The molecule has 0 radical (unpaired) electrons. The Labute approximate surface area is 164 Å². The van der Waals surface area contributed by atoms with E-state index in [1.165, 1.54) is 31.4 Å². The summed E-state index contributed by atoms with van der Waals surface area (Å²) in [7, 11) is -3.78. The van der Waals surface area contributed by atoms with Gasteiger partial charge in [-0.2, -0.15) is 0 Å². The van der Waals surface area contributed by atoms with Crippen molar-refractivity contribution < 1.29 is 8.42 Å². The normalized spacial score (nSPS) is 11.5. The van der Waals surface area contributed by atoms with Crippen molar-refractivity contribution >= 4 is 50.5 Å². The summed E-state index contributed by atoms with van der Waals surface area (Å²) < 4.78 is 27.5. The van der Waals surface area contributed by atoms with Crippen LogP contribution in [0, 0.1) is 0 Å². The van der Waals surface area contributed by atoms with E-state index in [1.807, 2.05) is 12.1 Å². The van der Waals surface area contributed by atoms with Gasteiger partial charge in [0.1, 0.15) is 0 Å². The van der Waals surface area contributed by atoms with Gasteiger partial charge >= 0.3 is 0 Å². The summed E-state index contributed by atoms with van der Waals surface area (Å²) in [4.78, 5) is 0.159. The fourth-order valence-corrected chi connectivity index (χ4v) is 4.55. The Morgan fingerprint density at radius 3 is 2.08 bits per heavy atom. The third-order valence-electron chi connectivity index (χ3n) is 3.80. The topological polar surface area (TPSA) is 46.2 Å². The second kappa shape index (κ2) is 9.13. The molecule has 0 unspecified atom stereocenters. The molecular formula is C18H20Cl3NO2S. The van der Waals surface area contributed by atoms with E-state index < -0.39 is 10.0 Å². The molecule has 2 aromatic carbocycles. The first kappa shape index (κ1) is 20.4. The van der Waals surface area contributed by atoms with Gasteiger partial charge in [0.05, 0.1) is 20.6 Å². The minimum Gasteiger partial charge on any atom is -0.277 e. The Morgan fingerprint density at radius 2 is 1.52 bits per heavy atom. The zero-order valence-corrected chi connectivity index (χ0v) is 16.9. The van der Waals surface area contributed by atoms with E-state index in [1.54, 1.807) is 12.1 Å². The molecular weight excluding hydrogens is 401 g/mol. The zero-order valence-electron chi connectivity index (χ0n) is 13.9. The Balaban J connectivity index is 2.12. The van der Waals surface area contributed by atoms with Crippen LogP contribution in [0.1, 0.15) is 38.2 Å². The fraction of sp³-hybridized carbons (Fsp3) is 0.333. The minimum atomic E-state index is -3.78. The Hall–Kier alpha value is -0.940. The number of sulfonamides is 1. The third kappa shape index (κ3) is 5.78. The minimum absolute atomic E-state index is 0.122. The molecule has 0 aliphatic carbocycles. The molecule has 0 atom stereocenters. The van der Waals surface area contributed by atoms with E-state index >= 15 is 0 Å². The summed E-state index contributed by atoms with van der Waals surface area (Å²) in [6, 6.07) is 9.74. The molecule has 0 aliphatic heterocycles. The van der Waals surface area contributed by atoms with Crippen LogP contribution in [-0.4, -0.2) is 8.42 Å². The van der Waals surface area contributed by atoms with Crippen LogP contribution in [0.2, 0.25) is 15.1 Å². The summed E-state index contributed by atoms with van der Waals surface area (Å²) in [5.74, 6) is 0. The maximum absolute atomic E-state index is 12.5. The van der Waals surface area contributed by atoms with Crippen LogP contribution in [0.5, 0.6) is 0 Å². The molecule has 0 fully saturated rings. The van der Waals surface area contributed by atoms with Crippen molar-refractivity contribution in [3.63, 3.8) is 0 Å². The van der Waals surface area contributed by atoms with Gasteiger partial charge in [0.25, 0.3) is 10.0 Å². The summed E-state index contributed by atoms with van der Waals surface area (Å²) in [6.45, 7) is 2.17. The Bertz CT molecular complexity index is 798. The summed E-state index contributed by atoms with van der Waals surface area (Å²) in [5.41, 5.74) is 1.24. The molecule has 0 spiro atoms. The third-order valence-corrected chi connectivity index (χ3v) is 5.98. The summed E-state index contributed by atoms with van der Waals surface area (Å²) in [5, 5.41) is 0.632. The molecule has 1 N–H and O–H groups in total. The van der Waals surface area contributed by atoms with Crippen molar-refractivity contribution in [3.05, 3.63) is 57.0 Å². The lowest BCUT2D eigenvalue weighted by atomic mass is 10.1. The molecule has 0 aliphatic rings. The van der Waals surface area contributed by atoms with Crippen molar-refractivity contribution in [2.45, 2.75) is 43.9 Å². The van der Waals surface area contributed by atoms with Crippen LogP contribution in [0.4, 0.5) is 5.69 Å². The molecule has 3 nitrogen and oxygen atoms in total. The molecule has 0 aromatic heterocycles. The Morgan fingerprint density at radius 1 is 0.920 bits per heavy atom. The number of hydrogen-bond acceptors (Lipinski definition) is 2. The zero-order chi connectivity index (χ0) is 18.4. The lowest BCUT2D eigenvalue weighted by Gasteiger charge is -2.12. The number of anilines is 1. The second-order valence-electron chi connectivity index (χ2n) is 5.80. The monoisotopic (exact) mass is 419 g/mol. The average molecular weight is 421 g/mol. The lowest BCUT2D eigenvalue weighted by molar-refractivity contribution is 0.601. The quantitative estimate of drug-likeness (QED) is 0.491. The first-order chi connectivity index (χ1) is 11.8. The highest BCUT2D eigenvalue weighted by Crippen LogP contribution is 2.35. The molecule has 0 saturated carbocycles. The number of unbranched alkanes of at least 4 members (excludes halogenated alkanes) is 3. The van der Waals surface area contributed by atoms with Gasteiger partial charge in [-0.1, -0.05) is 73.1 Å². The highest BCUT2D eigenvalue weighted by Gasteiger charge is 2.18. The second-order valence-corrected chi connectivity index (χ2v) is 8.74. The largest absolute Gasteiger partial charge is 0.277 e. The van der Waals surface area contributed by atoms with Crippen molar-refractivity contribution in [1.29, 1.82) is 0 Å². The number of benzene rings is 2. The number of nitrogens with one attached hydrogen (secondary N) is 1. The lowest BCUT2D eigenvalue weighted by Crippen LogP contribution is -2.13. The van der Waals surface area contributed by atoms with Crippen LogP contribution in [0.15, 0.2) is 41.3 Å². The fourth-order valence-electron chi connectivity index (χ4n) is 2.42. The number of halogens is 3. The predicted octanol–water partition coefficient (Wildman–Crippen LogP) is 6.57. The summed E-state index contributed by atoms with van der Waals surface area (Å²) >= 11 is 17.9. The van der Waals surface area contributed by atoms with Gasteiger partial charge in [-0.05, 0) is 42.7 Å². The van der Waals surface area contributed by atoms with Gasteiger partial charge in [-0.15, -0.1) is 0 Å². The van der Waals surface area contributed by atoms with E-state index in [4.69, 9.17) is 34.8 Å². The average Bonchev–Trinajstić information content (AvgIpc) is 2.55. The van der Waals surface area contributed by atoms with Gasteiger partial charge in [0.15, 0.2) is 0 Å². The van der Waals surface area contributed by atoms with Gasteiger partial charge < -0.3 is 0 Å². The van der Waals surface area contributed by atoms with Crippen molar-refractivity contribution in [2.24, 2.45) is 0 Å². The first-order valence-corrected chi connectivity index (χ1v) is 10.7. The summed E-state index contributed by atoms with van der Waals surface area (Å²) in [6.07, 6.45) is 5.65. The van der Waals surface area contributed by atoms with Gasteiger partial charge in [0.2, 0.25) is 0 Å². The molecule has 136 valence electrons. The van der Waals surface area contributed by atoms with Crippen LogP contribution in [0.3, 0.4) is 0 Å². The molecule has 0 amide bonds. The smallest absolute Gasteiger partial charge is 0.261 e. The van der Waals surface area contributed by atoms with Crippen LogP contribution >= 0.6 is 34.8 Å². The van der Waals surface area contributed by atoms with E-state index in [9.17, 15) is 8.42 Å². The molecule has 0 heterocycles. The number of rotatable bonds is 8.